The van der Waals surface area contributed by atoms with Gasteiger partial charge in [0, 0.05) is 19.0 Å². The molecule has 0 bridgehead atoms. The number of hydrogen-bond acceptors (Lipinski definition) is 5. The molecule has 3 rings (SSSR count). The number of hydrogen-bond donors (Lipinski definition) is 1. The van der Waals surface area contributed by atoms with Crippen molar-refractivity contribution in [1.29, 1.82) is 0 Å². The highest BCUT2D eigenvalue weighted by molar-refractivity contribution is 7.14. The number of anilines is 1. The van der Waals surface area contributed by atoms with E-state index in [0.717, 1.165) is 17.4 Å². The van der Waals surface area contributed by atoms with E-state index in [-0.39, 0.29) is 30.3 Å². The average Bonchev–Trinajstić information content (AvgIpc) is 3.30. The smallest absolute Gasteiger partial charge is 0.416 e. The SMILES string of the molecule is Cc1occc1C(=O)Nc1nc(CC(=O)N(C)Cc2ccccc2C(F)(F)F)cs1. The number of amides is 2. The first-order valence-corrected chi connectivity index (χ1v) is 9.72. The first-order chi connectivity index (χ1) is 14.1. The number of nitrogens with zero attached hydrogens (tertiary/aromatic N) is 2. The van der Waals surface area contributed by atoms with Gasteiger partial charge in [0.25, 0.3) is 5.91 Å². The van der Waals surface area contributed by atoms with Crippen molar-refractivity contribution in [3.8, 4) is 0 Å². The number of benzene rings is 1. The molecule has 0 aliphatic heterocycles. The summed E-state index contributed by atoms with van der Waals surface area (Å²) in [6, 6.07) is 6.69. The fourth-order valence-corrected chi connectivity index (χ4v) is 3.50. The number of aromatic nitrogens is 1. The number of carbonyl (C=O) groups is 2. The maximum Gasteiger partial charge on any atom is 0.416 e. The number of aryl methyl sites for hydroxylation is 1. The van der Waals surface area contributed by atoms with E-state index in [4.69, 9.17) is 4.42 Å². The van der Waals surface area contributed by atoms with E-state index in [0.29, 0.717) is 22.1 Å². The number of alkyl halides is 3. The molecule has 0 radical (unpaired) electrons. The predicted octanol–water partition coefficient (Wildman–Crippen LogP) is 4.52. The summed E-state index contributed by atoms with van der Waals surface area (Å²) in [5.74, 6) is -0.296. The molecule has 0 saturated heterocycles. The number of thiazole rings is 1. The monoisotopic (exact) mass is 437 g/mol. The van der Waals surface area contributed by atoms with E-state index in [9.17, 15) is 22.8 Å². The van der Waals surface area contributed by atoms with Crippen molar-refractivity contribution in [2.45, 2.75) is 26.1 Å². The summed E-state index contributed by atoms with van der Waals surface area (Å²) in [6.07, 6.45) is -3.18. The first kappa shape index (κ1) is 21.6. The minimum atomic E-state index is -4.49. The van der Waals surface area contributed by atoms with Crippen LogP contribution in [0.1, 0.15) is 32.9 Å². The van der Waals surface area contributed by atoms with Crippen LogP contribution >= 0.6 is 11.3 Å². The lowest BCUT2D eigenvalue weighted by Crippen LogP contribution is -2.29. The summed E-state index contributed by atoms with van der Waals surface area (Å²) in [7, 11) is 1.44. The molecule has 0 spiro atoms. The van der Waals surface area contributed by atoms with E-state index < -0.39 is 11.7 Å². The Bertz CT molecular complexity index is 1060. The van der Waals surface area contributed by atoms with Crippen LogP contribution in [-0.4, -0.2) is 28.7 Å². The fourth-order valence-electron chi connectivity index (χ4n) is 2.80. The molecule has 3 aromatic rings. The van der Waals surface area contributed by atoms with Gasteiger partial charge in [-0.1, -0.05) is 18.2 Å². The summed E-state index contributed by atoms with van der Waals surface area (Å²) in [5, 5.41) is 4.56. The molecule has 0 unspecified atom stereocenters. The number of halogens is 3. The molecule has 10 heteroatoms. The van der Waals surface area contributed by atoms with Gasteiger partial charge < -0.3 is 9.32 Å². The molecular weight excluding hydrogens is 419 g/mol. The van der Waals surface area contributed by atoms with Crippen LogP contribution in [0.3, 0.4) is 0 Å². The molecule has 0 saturated carbocycles. The third-order valence-electron chi connectivity index (χ3n) is 4.36. The van der Waals surface area contributed by atoms with E-state index in [1.807, 2.05) is 0 Å². The van der Waals surface area contributed by atoms with Crippen molar-refractivity contribution in [3.63, 3.8) is 0 Å². The Hall–Kier alpha value is -3.14. The summed E-state index contributed by atoms with van der Waals surface area (Å²) < 4.78 is 44.5. The third-order valence-corrected chi connectivity index (χ3v) is 5.17. The second-order valence-corrected chi connectivity index (χ2v) is 7.43. The fraction of sp³-hybridized carbons (Fsp3) is 0.250. The van der Waals surface area contributed by atoms with Gasteiger partial charge in [-0.25, -0.2) is 4.98 Å². The van der Waals surface area contributed by atoms with Crippen LogP contribution in [0, 0.1) is 6.92 Å². The van der Waals surface area contributed by atoms with E-state index >= 15 is 0 Å². The lowest BCUT2D eigenvalue weighted by molar-refractivity contribution is -0.139. The van der Waals surface area contributed by atoms with Gasteiger partial charge in [-0.2, -0.15) is 13.2 Å². The van der Waals surface area contributed by atoms with Crippen molar-refractivity contribution in [2.75, 3.05) is 12.4 Å². The summed E-state index contributed by atoms with van der Waals surface area (Å²) in [5.41, 5.74) is 0.0477. The van der Waals surface area contributed by atoms with Gasteiger partial charge in [-0.05, 0) is 24.6 Å². The van der Waals surface area contributed by atoms with Crippen LogP contribution in [0.5, 0.6) is 0 Å². The van der Waals surface area contributed by atoms with Crippen LogP contribution in [-0.2, 0) is 23.9 Å². The molecule has 158 valence electrons. The van der Waals surface area contributed by atoms with Crippen molar-refractivity contribution in [1.82, 2.24) is 9.88 Å². The van der Waals surface area contributed by atoms with Crippen molar-refractivity contribution in [3.05, 3.63) is 70.1 Å². The molecular formula is C20H18F3N3O3S. The number of nitrogens with one attached hydrogen (secondary N) is 1. The third kappa shape index (κ3) is 5.07. The summed E-state index contributed by atoms with van der Waals surface area (Å²) in [6.45, 7) is 1.48. The molecule has 0 fully saturated rings. The highest BCUT2D eigenvalue weighted by Gasteiger charge is 2.33. The number of likely N-dealkylation sites (N-methyl/N-ethyl adjacent to an activating group) is 1. The average molecular weight is 437 g/mol. The van der Waals surface area contributed by atoms with Crippen LogP contribution in [0.2, 0.25) is 0 Å². The molecule has 0 atom stereocenters. The molecule has 2 aromatic heterocycles. The van der Waals surface area contributed by atoms with Gasteiger partial charge in [0.2, 0.25) is 5.91 Å². The van der Waals surface area contributed by atoms with Crippen LogP contribution < -0.4 is 5.32 Å². The zero-order valence-corrected chi connectivity index (χ0v) is 16.9. The zero-order valence-electron chi connectivity index (χ0n) is 16.1. The van der Waals surface area contributed by atoms with Crippen molar-refractivity contribution < 1.29 is 27.2 Å². The minimum Gasteiger partial charge on any atom is -0.469 e. The van der Waals surface area contributed by atoms with Gasteiger partial charge in [0.05, 0.1) is 29.5 Å². The Morgan fingerprint density at radius 1 is 1.23 bits per heavy atom. The maximum absolute atomic E-state index is 13.1. The second kappa shape index (κ2) is 8.70. The Balaban J connectivity index is 1.62. The molecule has 6 nitrogen and oxygen atoms in total. The van der Waals surface area contributed by atoms with E-state index in [1.54, 1.807) is 12.3 Å². The Morgan fingerprint density at radius 2 is 1.97 bits per heavy atom. The normalized spacial score (nSPS) is 11.4. The van der Waals surface area contributed by atoms with Crippen molar-refractivity contribution >= 4 is 28.3 Å². The van der Waals surface area contributed by atoms with Crippen LogP contribution in [0.25, 0.3) is 0 Å². The predicted molar refractivity (Wildman–Crippen MR) is 105 cm³/mol. The number of rotatable bonds is 6. The Morgan fingerprint density at radius 3 is 2.63 bits per heavy atom. The summed E-state index contributed by atoms with van der Waals surface area (Å²) in [4.78, 5) is 30.1. The van der Waals surface area contributed by atoms with Crippen molar-refractivity contribution in [2.24, 2.45) is 0 Å². The van der Waals surface area contributed by atoms with Crippen LogP contribution in [0.15, 0.2) is 46.4 Å². The van der Waals surface area contributed by atoms with Gasteiger partial charge >= 0.3 is 6.18 Å². The van der Waals surface area contributed by atoms with E-state index in [2.05, 4.69) is 10.3 Å². The van der Waals surface area contributed by atoms with Gasteiger partial charge in [-0.3, -0.25) is 14.9 Å². The Labute approximate surface area is 174 Å². The summed E-state index contributed by atoms with van der Waals surface area (Å²) >= 11 is 1.15. The number of furan rings is 1. The zero-order chi connectivity index (χ0) is 21.9. The van der Waals surface area contributed by atoms with E-state index in [1.165, 1.54) is 42.5 Å². The highest BCUT2D eigenvalue weighted by Crippen LogP contribution is 2.32. The van der Waals surface area contributed by atoms with Gasteiger partial charge in [-0.15, -0.1) is 11.3 Å². The first-order valence-electron chi connectivity index (χ1n) is 8.84. The second-order valence-electron chi connectivity index (χ2n) is 6.57. The quantitative estimate of drug-likeness (QED) is 0.615. The molecule has 0 aliphatic rings. The highest BCUT2D eigenvalue weighted by atomic mass is 32.1. The number of carbonyl (C=O) groups excluding carboxylic acids is 2. The lowest BCUT2D eigenvalue weighted by Gasteiger charge is -2.20. The minimum absolute atomic E-state index is 0.0163. The largest absolute Gasteiger partial charge is 0.469 e. The molecule has 1 aromatic carbocycles. The Kier molecular flexibility index (Phi) is 6.25. The molecule has 2 heterocycles. The van der Waals surface area contributed by atoms with Gasteiger partial charge in [0.15, 0.2) is 5.13 Å². The van der Waals surface area contributed by atoms with Gasteiger partial charge in [0.1, 0.15) is 5.76 Å². The maximum atomic E-state index is 13.1. The topological polar surface area (TPSA) is 75.4 Å². The van der Waals surface area contributed by atoms with Crippen LogP contribution in [0.4, 0.5) is 18.3 Å². The molecule has 1 N–H and O–H groups in total. The standard InChI is InChI=1S/C20H18F3N3O3S/c1-12-15(7-8-29-12)18(28)25-19-24-14(11-30-19)9-17(27)26(2)10-13-5-3-4-6-16(13)20(21,22)23/h3-8,11H,9-10H2,1-2H3,(H,24,25,28). The molecule has 2 amide bonds. The molecule has 30 heavy (non-hydrogen) atoms. The molecule has 0 aliphatic carbocycles. The lowest BCUT2D eigenvalue weighted by atomic mass is 10.1.